The minimum absolute atomic E-state index is 0.531. The van der Waals surface area contributed by atoms with Crippen LogP contribution in [0.2, 0.25) is 0 Å². The first-order valence-corrected chi connectivity index (χ1v) is 1.75. The highest BCUT2D eigenvalue weighted by Crippen LogP contribution is 1.65. The molecule has 0 saturated carbocycles. The topological polar surface area (TPSA) is 55.2 Å². The monoisotopic (exact) mass is 102 g/mol. The second-order valence-corrected chi connectivity index (χ2v) is 0.890. The van der Waals surface area contributed by atoms with Gasteiger partial charge in [-0.05, 0) is 0 Å². The largest absolute Gasteiger partial charge is 0.389 e. The molecule has 4 heteroatoms. The molecule has 0 aromatic rings. The Morgan fingerprint density at radius 2 is 2.43 bits per heavy atom. The van der Waals surface area contributed by atoms with Crippen LogP contribution in [-0.4, -0.2) is 12.0 Å². The Morgan fingerprint density at radius 1 is 1.86 bits per heavy atom. The predicted octanol–water partition coefficient (Wildman–Crippen LogP) is -0.0463. The number of nitrogens with one attached hydrogen (secondary N) is 1. The van der Waals surface area contributed by atoms with Gasteiger partial charge in [-0.1, -0.05) is 0 Å². The first-order chi connectivity index (χ1) is 3.27. The van der Waals surface area contributed by atoms with E-state index in [1.54, 1.807) is 7.05 Å². The normalized spacial score (nSPS) is 9.29. The van der Waals surface area contributed by atoms with Gasteiger partial charge >= 0.3 is 0 Å². The fourth-order valence-electron chi connectivity index (χ4n) is 0.135. The highest BCUT2D eigenvalue weighted by Gasteiger charge is 1.76. The first-order valence-electron chi connectivity index (χ1n) is 1.75. The van der Waals surface area contributed by atoms with Gasteiger partial charge in [-0.25, -0.2) is 0 Å². The van der Waals surface area contributed by atoms with Crippen molar-refractivity contribution in [3.8, 4) is 0 Å². The summed E-state index contributed by atoms with van der Waals surface area (Å²) < 4.78 is 0. The summed E-state index contributed by atoms with van der Waals surface area (Å²) >= 11 is 0. The summed E-state index contributed by atoms with van der Waals surface area (Å²) in [6.45, 7) is 0. The van der Waals surface area contributed by atoms with Gasteiger partial charge in [-0.15, -0.1) is 0 Å². The van der Waals surface area contributed by atoms with Gasteiger partial charge in [-0.3, -0.25) is 10.1 Å². The van der Waals surface area contributed by atoms with Gasteiger partial charge < -0.3 is 5.32 Å². The van der Waals surface area contributed by atoms with Gasteiger partial charge in [0.25, 0.3) is 0 Å². The molecule has 0 aromatic carbocycles. The summed E-state index contributed by atoms with van der Waals surface area (Å²) in [6, 6.07) is 0. The number of nitrogens with zero attached hydrogens (tertiary/aromatic N) is 1. The average molecular weight is 102 g/mol. The van der Waals surface area contributed by atoms with Crippen molar-refractivity contribution >= 4 is 0 Å². The summed E-state index contributed by atoms with van der Waals surface area (Å²) in [5.41, 5.74) is 0. The van der Waals surface area contributed by atoms with E-state index in [9.17, 15) is 10.1 Å². The van der Waals surface area contributed by atoms with Crippen molar-refractivity contribution in [2.24, 2.45) is 0 Å². The van der Waals surface area contributed by atoms with Gasteiger partial charge in [0.2, 0.25) is 6.20 Å². The summed E-state index contributed by atoms with van der Waals surface area (Å²) in [6.07, 6.45) is 2.08. The zero-order valence-electron chi connectivity index (χ0n) is 3.92. The lowest BCUT2D eigenvalue weighted by molar-refractivity contribution is -0.402. The summed E-state index contributed by atoms with van der Waals surface area (Å²) in [4.78, 5) is 8.91. The van der Waals surface area contributed by atoms with E-state index in [1.165, 1.54) is 6.20 Å². The van der Waals surface area contributed by atoms with Crippen LogP contribution in [-0.2, 0) is 0 Å². The third-order valence-electron chi connectivity index (χ3n) is 0.363. The molecule has 40 valence electrons. The third-order valence-corrected chi connectivity index (χ3v) is 0.363. The maximum absolute atomic E-state index is 9.44. The van der Waals surface area contributed by atoms with E-state index < -0.39 is 4.92 Å². The number of rotatable bonds is 2. The van der Waals surface area contributed by atoms with Crippen LogP contribution in [0, 0.1) is 10.1 Å². The molecule has 0 aliphatic carbocycles. The van der Waals surface area contributed by atoms with Crippen molar-refractivity contribution < 1.29 is 4.92 Å². The van der Waals surface area contributed by atoms with E-state index in [4.69, 9.17) is 0 Å². The molecule has 0 saturated heterocycles. The van der Waals surface area contributed by atoms with Crippen LogP contribution >= 0.6 is 0 Å². The Morgan fingerprint density at radius 3 is 2.57 bits per heavy atom. The zero-order chi connectivity index (χ0) is 5.70. The van der Waals surface area contributed by atoms with E-state index in [1.807, 2.05) is 0 Å². The Balaban J connectivity index is 3.26. The van der Waals surface area contributed by atoms with Crippen molar-refractivity contribution in [2.45, 2.75) is 0 Å². The van der Waals surface area contributed by atoms with Gasteiger partial charge in [0.05, 0.1) is 11.1 Å². The summed E-state index contributed by atoms with van der Waals surface area (Å²) in [7, 11) is 1.60. The van der Waals surface area contributed by atoms with Crippen LogP contribution in [0.15, 0.2) is 12.4 Å². The molecule has 0 radical (unpaired) electrons. The molecule has 4 nitrogen and oxygen atoms in total. The quantitative estimate of drug-likeness (QED) is 0.393. The lowest BCUT2D eigenvalue weighted by Gasteiger charge is -1.77. The molecule has 0 spiro atoms. The number of nitro groups is 1. The van der Waals surface area contributed by atoms with Gasteiger partial charge in [0, 0.05) is 7.05 Å². The van der Waals surface area contributed by atoms with Gasteiger partial charge in [0.15, 0.2) is 0 Å². The minimum atomic E-state index is -0.531. The molecule has 0 aliphatic heterocycles. The van der Waals surface area contributed by atoms with Crippen molar-refractivity contribution in [1.29, 1.82) is 0 Å². The van der Waals surface area contributed by atoms with Crippen LogP contribution in [0.25, 0.3) is 0 Å². The number of hydrogen-bond donors (Lipinski definition) is 1. The van der Waals surface area contributed by atoms with Crippen LogP contribution in [0.5, 0.6) is 0 Å². The Bertz CT molecular complexity index is 88.9. The van der Waals surface area contributed by atoms with Crippen LogP contribution in [0.4, 0.5) is 0 Å². The smallest absolute Gasteiger partial charge is 0.249 e. The standard InChI is InChI=1S/C3H6N2O2/c1-4-2-3-5(6)7/h2-4H,1H3. The van der Waals surface area contributed by atoms with Crippen LogP contribution in [0.1, 0.15) is 0 Å². The molecule has 1 N–H and O–H groups in total. The highest BCUT2D eigenvalue weighted by molar-refractivity contribution is 4.64. The van der Waals surface area contributed by atoms with Crippen LogP contribution in [0.3, 0.4) is 0 Å². The minimum Gasteiger partial charge on any atom is -0.389 e. The van der Waals surface area contributed by atoms with E-state index in [-0.39, 0.29) is 0 Å². The molecule has 0 bridgehead atoms. The molecule has 0 amide bonds. The summed E-state index contributed by atoms with van der Waals surface area (Å²) in [5.74, 6) is 0. The fraction of sp³-hybridized carbons (Fsp3) is 0.333. The highest BCUT2D eigenvalue weighted by atomic mass is 16.6. The third kappa shape index (κ3) is 4.94. The van der Waals surface area contributed by atoms with Gasteiger partial charge in [0.1, 0.15) is 0 Å². The molecule has 0 aliphatic rings. The van der Waals surface area contributed by atoms with Crippen LogP contribution < -0.4 is 5.32 Å². The molecular weight excluding hydrogens is 96.0 g/mol. The maximum Gasteiger partial charge on any atom is 0.249 e. The Labute approximate surface area is 41.0 Å². The van der Waals surface area contributed by atoms with E-state index in [0.29, 0.717) is 0 Å². The van der Waals surface area contributed by atoms with Crippen molar-refractivity contribution in [3.63, 3.8) is 0 Å². The maximum atomic E-state index is 9.44. The molecule has 0 rings (SSSR count). The second kappa shape index (κ2) is 3.14. The molecule has 0 atom stereocenters. The van der Waals surface area contributed by atoms with Crippen molar-refractivity contribution in [1.82, 2.24) is 5.32 Å². The SMILES string of the molecule is CNC=C[N+](=O)[O-]. The Hall–Kier alpha value is -1.06. The van der Waals surface area contributed by atoms with Crippen molar-refractivity contribution in [2.75, 3.05) is 7.05 Å². The molecule has 0 fully saturated rings. The first kappa shape index (κ1) is 5.94. The Kier molecular flexibility index (Phi) is 2.67. The molecule has 0 heterocycles. The van der Waals surface area contributed by atoms with E-state index in [0.717, 1.165) is 6.20 Å². The molecule has 0 aromatic heterocycles. The summed E-state index contributed by atoms with van der Waals surface area (Å²) in [5, 5.41) is 11.9. The lowest BCUT2D eigenvalue weighted by Crippen LogP contribution is -1.94. The predicted molar refractivity (Wildman–Crippen MR) is 25.2 cm³/mol. The molecular formula is C3H6N2O2. The molecule has 0 unspecified atom stereocenters. The molecule has 7 heavy (non-hydrogen) atoms. The zero-order valence-corrected chi connectivity index (χ0v) is 3.92. The van der Waals surface area contributed by atoms with Gasteiger partial charge in [-0.2, -0.15) is 0 Å². The van der Waals surface area contributed by atoms with E-state index in [2.05, 4.69) is 5.32 Å². The lowest BCUT2D eigenvalue weighted by atomic mass is 10.9. The number of hydrogen-bond acceptors (Lipinski definition) is 3. The van der Waals surface area contributed by atoms with E-state index >= 15 is 0 Å². The second-order valence-electron chi connectivity index (χ2n) is 0.890. The van der Waals surface area contributed by atoms with Crippen molar-refractivity contribution in [3.05, 3.63) is 22.5 Å². The fourth-order valence-corrected chi connectivity index (χ4v) is 0.135. The average Bonchev–Trinajstić information content (AvgIpc) is 1.61.